The number of carbonyl (C=O) groups is 1. The van der Waals surface area contributed by atoms with Crippen LogP contribution in [0.1, 0.15) is 27.7 Å². The maximum absolute atomic E-state index is 11.1. The molecule has 0 fully saturated rings. The fourth-order valence-corrected chi connectivity index (χ4v) is 0.614. The van der Waals surface area contributed by atoms with Crippen LogP contribution in [0.5, 0.6) is 0 Å². The Morgan fingerprint density at radius 3 is 2.31 bits per heavy atom. The lowest BCUT2D eigenvalue weighted by molar-refractivity contribution is 0.0521. The topological polar surface area (TPSA) is 64.3 Å². The Bertz CT molecular complexity index is 211. The lowest BCUT2D eigenvalue weighted by Crippen LogP contribution is -2.43. The molecule has 0 bridgehead atoms. The van der Waals surface area contributed by atoms with Gasteiger partial charge in [0.25, 0.3) is 0 Å². The van der Waals surface area contributed by atoms with Crippen LogP contribution in [-0.2, 0) is 4.74 Å². The third kappa shape index (κ3) is 6.33. The van der Waals surface area contributed by atoms with Crippen molar-refractivity contribution >= 4 is 23.3 Å². The molecule has 3 N–H and O–H groups in total. The summed E-state index contributed by atoms with van der Waals surface area (Å²) in [5.74, 6) is 0. The van der Waals surface area contributed by atoms with E-state index in [1.807, 2.05) is 0 Å². The third-order valence-electron chi connectivity index (χ3n) is 1.16. The summed E-state index contributed by atoms with van der Waals surface area (Å²) < 4.78 is 4.99. The number of alkyl carbamates (subject to hydrolysis) is 1. The Morgan fingerprint density at radius 2 is 2.00 bits per heavy atom. The van der Waals surface area contributed by atoms with Crippen molar-refractivity contribution in [3.05, 3.63) is 0 Å². The van der Waals surface area contributed by atoms with Crippen molar-refractivity contribution in [2.24, 2.45) is 5.73 Å². The highest BCUT2D eigenvalue weighted by Crippen LogP contribution is 2.06. The summed E-state index contributed by atoms with van der Waals surface area (Å²) in [5.41, 5.74) is 4.81. The van der Waals surface area contributed by atoms with E-state index in [9.17, 15) is 4.79 Å². The van der Waals surface area contributed by atoms with Crippen molar-refractivity contribution in [3.63, 3.8) is 0 Å². The number of rotatable bonds is 2. The van der Waals surface area contributed by atoms with Gasteiger partial charge in [0.15, 0.2) is 0 Å². The van der Waals surface area contributed by atoms with Gasteiger partial charge in [-0.25, -0.2) is 4.79 Å². The quantitative estimate of drug-likeness (QED) is 0.663. The van der Waals surface area contributed by atoms with Crippen LogP contribution in [0, 0.1) is 0 Å². The fraction of sp³-hybridized carbons (Fsp3) is 0.750. The molecule has 0 aliphatic rings. The van der Waals surface area contributed by atoms with Gasteiger partial charge in [0.2, 0.25) is 0 Å². The minimum atomic E-state index is -0.507. The van der Waals surface area contributed by atoms with Crippen molar-refractivity contribution in [2.45, 2.75) is 39.3 Å². The van der Waals surface area contributed by atoms with Crippen LogP contribution >= 0.6 is 12.2 Å². The van der Waals surface area contributed by atoms with Crippen molar-refractivity contribution in [3.8, 4) is 0 Å². The van der Waals surface area contributed by atoms with Crippen molar-refractivity contribution < 1.29 is 9.53 Å². The summed E-state index contributed by atoms with van der Waals surface area (Å²) in [7, 11) is 0. The normalized spacial score (nSPS) is 13.2. The Balaban J connectivity index is 3.96. The van der Waals surface area contributed by atoms with Crippen LogP contribution in [0.25, 0.3) is 0 Å². The standard InChI is InChI=1S/C8H16N2O2S/c1-5(6(9)13)10-7(11)12-8(2,3)4/h5H,1-4H3,(H2,9,13)(H,10,11)/t5-/m1/s1. The molecule has 0 rings (SSSR count). The van der Waals surface area contributed by atoms with E-state index in [1.165, 1.54) is 0 Å². The molecule has 0 spiro atoms. The van der Waals surface area contributed by atoms with Crippen molar-refractivity contribution in [2.75, 3.05) is 0 Å². The molecule has 76 valence electrons. The monoisotopic (exact) mass is 204 g/mol. The molecular formula is C8H16N2O2S. The molecule has 0 aromatic heterocycles. The predicted molar refractivity (Wildman–Crippen MR) is 55.6 cm³/mol. The van der Waals surface area contributed by atoms with Crippen LogP contribution < -0.4 is 11.1 Å². The maximum atomic E-state index is 11.1. The van der Waals surface area contributed by atoms with Crippen molar-refractivity contribution in [1.82, 2.24) is 5.32 Å². The minimum Gasteiger partial charge on any atom is -0.444 e. The van der Waals surface area contributed by atoms with Gasteiger partial charge in [-0.3, -0.25) is 0 Å². The zero-order valence-corrected chi connectivity index (χ0v) is 9.20. The summed E-state index contributed by atoms with van der Waals surface area (Å²) in [6.07, 6.45) is -0.507. The van der Waals surface area contributed by atoms with E-state index in [4.69, 9.17) is 10.5 Å². The average molecular weight is 204 g/mol. The second-order valence-electron chi connectivity index (χ2n) is 3.77. The van der Waals surface area contributed by atoms with Crippen LogP contribution in [0.4, 0.5) is 4.79 Å². The minimum absolute atomic E-state index is 0.242. The van der Waals surface area contributed by atoms with E-state index in [0.717, 1.165) is 0 Å². The van der Waals surface area contributed by atoms with E-state index in [0.29, 0.717) is 0 Å². The summed E-state index contributed by atoms with van der Waals surface area (Å²) in [6.45, 7) is 7.07. The molecule has 0 saturated heterocycles. The number of ether oxygens (including phenoxy) is 1. The molecule has 13 heavy (non-hydrogen) atoms. The number of thiocarbonyl (C=S) groups is 1. The van der Waals surface area contributed by atoms with E-state index >= 15 is 0 Å². The molecule has 0 aromatic rings. The van der Waals surface area contributed by atoms with Gasteiger partial charge in [0, 0.05) is 0 Å². The number of hydrogen-bond donors (Lipinski definition) is 2. The molecule has 4 nitrogen and oxygen atoms in total. The zero-order chi connectivity index (χ0) is 10.6. The SMILES string of the molecule is C[C@@H](NC(=O)OC(C)(C)C)C(N)=S. The van der Waals surface area contributed by atoms with E-state index in [2.05, 4.69) is 17.5 Å². The van der Waals surface area contributed by atoms with E-state index in [-0.39, 0.29) is 11.0 Å². The first-order valence-corrected chi connectivity index (χ1v) is 4.42. The number of carbonyl (C=O) groups excluding carboxylic acids is 1. The Labute approximate surface area is 83.8 Å². The number of nitrogens with one attached hydrogen (secondary N) is 1. The van der Waals surface area contributed by atoms with E-state index < -0.39 is 11.7 Å². The Morgan fingerprint density at radius 1 is 1.54 bits per heavy atom. The molecule has 1 amide bonds. The summed E-state index contributed by atoms with van der Waals surface area (Å²) >= 11 is 4.69. The number of amides is 1. The van der Waals surface area contributed by atoms with Crippen LogP contribution in [0.15, 0.2) is 0 Å². The molecule has 1 atom stereocenters. The summed E-state index contributed by atoms with van der Waals surface area (Å²) in [4.78, 5) is 11.4. The van der Waals surface area contributed by atoms with Crippen LogP contribution in [0.2, 0.25) is 0 Å². The molecule has 0 unspecified atom stereocenters. The van der Waals surface area contributed by atoms with Gasteiger partial charge in [-0.1, -0.05) is 12.2 Å². The van der Waals surface area contributed by atoms with Gasteiger partial charge in [-0.2, -0.15) is 0 Å². The molecular weight excluding hydrogens is 188 g/mol. The van der Waals surface area contributed by atoms with Crippen LogP contribution in [-0.4, -0.2) is 22.7 Å². The van der Waals surface area contributed by atoms with Crippen LogP contribution in [0.3, 0.4) is 0 Å². The maximum Gasteiger partial charge on any atom is 0.408 e. The first-order chi connectivity index (χ1) is 5.72. The summed E-state index contributed by atoms with van der Waals surface area (Å²) in [5, 5.41) is 2.51. The fourth-order valence-electron chi connectivity index (χ4n) is 0.555. The second kappa shape index (κ2) is 4.41. The Kier molecular flexibility index (Phi) is 4.13. The molecule has 0 saturated carbocycles. The lowest BCUT2D eigenvalue weighted by Gasteiger charge is -2.21. The first-order valence-electron chi connectivity index (χ1n) is 4.01. The zero-order valence-electron chi connectivity index (χ0n) is 8.38. The smallest absolute Gasteiger partial charge is 0.408 e. The van der Waals surface area contributed by atoms with E-state index in [1.54, 1.807) is 27.7 Å². The highest BCUT2D eigenvalue weighted by Gasteiger charge is 2.18. The van der Waals surface area contributed by atoms with Gasteiger partial charge in [-0.05, 0) is 27.7 Å². The third-order valence-corrected chi connectivity index (χ3v) is 1.51. The van der Waals surface area contributed by atoms with Gasteiger partial charge >= 0.3 is 6.09 Å². The number of nitrogens with two attached hydrogens (primary N) is 1. The molecule has 0 heterocycles. The highest BCUT2D eigenvalue weighted by atomic mass is 32.1. The molecule has 0 aliphatic carbocycles. The van der Waals surface area contributed by atoms with Gasteiger partial charge in [-0.15, -0.1) is 0 Å². The lowest BCUT2D eigenvalue weighted by atomic mass is 10.2. The molecule has 0 aliphatic heterocycles. The van der Waals surface area contributed by atoms with Crippen molar-refractivity contribution in [1.29, 1.82) is 0 Å². The molecule has 5 heteroatoms. The highest BCUT2D eigenvalue weighted by molar-refractivity contribution is 7.80. The average Bonchev–Trinajstić information content (AvgIpc) is 1.81. The first kappa shape index (κ1) is 12.2. The van der Waals surface area contributed by atoms with Gasteiger partial charge in [0.05, 0.1) is 11.0 Å². The molecule has 0 aromatic carbocycles. The van der Waals surface area contributed by atoms with Gasteiger partial charge < -0.3 is 15.8 Å². The van der Waals surface area contributed by atoms with Gasteiger partial charge in [0.1, 0.15) is 5.60 Å². The second-order valence-corrected chi connectivity index (χ2v) is 4.24. The predicted octanol–water partition coefficient (Wildman–Crippen LogP) is 1.19. The number of hydrogen-bond acceptors (Lipinski definition) is 3. The molecule has 0 radical (unpaired) electrons. The summed E-state index contributed by atoms with van der Waals surface area (Å²) in [6, 6.07) is -0.343. The Hall–Kier alpha value is -0.840. The largest absolute Gasteiger partial charge is 0.444 e.